The minimum absolute atomic E-state index is 0.102. The molecule has 0 saturated heterocycles. The van der Waals surface area contributed by atoms with Crippen LogP contribution < -0.4 is 19.8 Å². The topological polar surface area (TPSA) is 62.2 Å². The summed E-state index contributed by atoms with van der Waals surface area (Å²) < 4.78 is 81.9. The van der Waals surface area contributed by atoms with Gasteiger partial charge in [-0.3, -0.25) is 0 Å². The first-order valence-corrected chi connectivity index (χ1v) is 10.4. The van der Waals surface area contributed by atoms with Crippen molar-refractivity contribution in [3.05, 3.63) is 82.4 Å². The van der Waals surface area contributed by atoms with Gasteiger partial charge >= 0.3 is 13.3 Å². The van der Waals surface area contributed by atoms with Gasteiger partial charge in [-0.15, -0.1) is 0 Å². The van der Waals surface area contributed by atoms with Crippen molar-refractivity contribution in [1.82, 2.24) is 0 Å². The lowest BCUT2D eigenvalue weighted by Gasteiger charge is -2.29. The van der Waals surface area contributed by atoms with Crippen molar-refractivity contribution < 1.29 is 41.5 Å². The van der Waals surface area contributed by atoms with Crippen molar-refractivity contribution >= 4 is 18.3 Å². The number of hydrogen-bond donors (Lipinski definition) is 2. The van der Waals surface area contributed by atoms with Gasteiger partial charge in [0.05, 0.1) is 19.8 Å². The smallest absolute Gasteiger partial charge is 0.492 e. The molecule has 0 bridgehead atoms. The third kappa shape index (κ3) is 5.68. The van der Waals surface area contributed by atoms with Crippen molar-refractivity contribution in [1.29, 1.82) is 0 Å². The first-order valence-electron chi connectivity index (χ1n) is 10.4. The fraction of sp³-hybridized carbons (Fsp3) is 0.250. The molecular weight excluding hydrogens is 472 g/mol. The van der Waals surface area contributed by atoms with E-state index in [-0.39, 0.29) is 13.1 Å². The zero-order valence-electron chi connectivity index (χ0n) is 19.2. The molecule has 35 heavy (non-hydrogen) atoms. The molecule has 0 unspecified atom stereocenters. The number of nitrogens with zero attached hydrogens (tertiary/aromatic N) is 1. The SMILES string of the molecule is COc1ccc(CN(Cc2ccc(OC)cc2)c2c(F)c(C)c(C(F)(F)F)c(B(O)O)c2F)cc1. The Balaban J connectivity index is 2.18. The number of benzene rings is 3. The minimum Gasteiger partial charge on any atom is -0.497 e. The van der Waals surface area contributed by atoms with Crippen LogP contribution in [0.2, 0.25) is 0 Å². The van der Waals surface area contributed by atoms with Crippen LogP contribution in [0.3, 0.4) is 0 Å². The van der Waals surface area contributed by atoms with Crippen LogP contribution in [0.1, 0.15) is 22.3 Å². The normalized spacial score (nSPS) is 11.4. The lowest BCUT2D eigenvalue weighted by atomic mass is 9.74. The summed E-state index contributed by atoms with van der Waals surface area (Å²) >= 11 is 0. The van der Waals surface area contributed by atoms with Crippen molar-refractivity contribution in [3.8, 4) is 11.5 Å². The van der Waals surface area contributed by atoms with E-state index in [9.17, 15) is 23.2 Å². The molecule has 5 nitrogen and oxygen atoms in total. The highest BCUT2D eigenvalue weighted by Crippen LogP contribution is 2.37. The van der Waals surface area contributed by atoms with Gasteiger partial charge in [0.15, 0.2) is 5.82 Å². The van der Waals surface area contributed by atoms with Gasteiger partial charge in [-0.05, 0) is 47.9 Å². The van der Waals surface area contributed by atoms with Crippen LogP contribution in [0.25, 0.3) is 0 Å². The second kappa shape index (κ2) is 10.5. The third-order valence-electron chi connectivity index (χ3n) is 5.55. The molecule has 0 spiro atoms. The van der Waals surface area contributed by atoms with E-state index in [2.05, 4.69) is 0 Å². The fourth-order valence-corrected chi connectivity index (χ4v) is 3.83. The highest BCUT2D eigenvalue weighted by Gasteiger charge is 2.43. The number of rotatable bonds is 8. The van der Waals surface area contributed by atoms with Gasteiger partial charge in [-0.1, -0.05) is 24.3 Å². The second-order valence-electron chi connectivity index (χ2n) is 7.81. The Kier molecular flexibility index (Phi) is 7.91. The van der Waals surface area contributed by atoms with E-state index in [4.69, 9.17) is 9.47 Å². The van der Waals surface area contributed by atoms with Crippen LogP contribution in [-0.4, -0.2) is 31.4 Å². The number of ether oxygens (including phenoxy) is 2. The van der Waals surface area contributed by atoms with Crippen LogP contribution >= 0.6 is 0 Å². The van der Waals surface area contributed by atoms with E-state index in [1.54, 1.807) is 48.5 Å². The third-order valence-corrected chi connectivity index (χ3v) is 5.55. The van der Waals surface area contributed by atoms with Gasteiger partial charge in [0.2, 0.25) is 0 Å². The maximum atomic E-state index is 15.5. The van der Waals surface area contributed by atoms with Gasteiger partial charge in [-0.2, -0.15) is 13.2 Å². The summed E-state index contributed by atoms with van der Waals surface area (Å²) in [6, 6.07) is 13.1. The van der Waals surface area contributed by atoms with Crippen LogP contribution in [0.4, 0.5) is 27.6 Å². The molecule has 0 radical (unpaired) electrons. The summed E-state index contributed by atoms with van der Waals surface area (Å²) in [4.78, 5) is 1.20. The Hall–Kier alpha value is -3.31. The Labute approximate surface area is 199 Å². The van der Waals surface area contributed by atoms with Crippen LogP contribution in [0.5, 0.6) is 11.5 Å². The lowest BCUT2D eigenvalue weighted by molar-refractivity contribution is -0.137. The largest absolute Gasteiger partial charge is 0.497 e. The van der Waals surface area contributed by atoms with E-state index in [0.29, 0.717) is 22.6 Å². The fourth-order valence-electron chi connectivity index (χ4n) is 3.83. The van der Waals surface area contributed by atoms with Crippen molar-refractivity contribution in [2.24, 2.45) is 0 Å². The van der Waals surface area contributed by atoms with E-state index in [0.717, 1.165) is 6.92 Å². The number of halogens is 5. The summed E-state index contributed by atoms with van der Waals surface area (Å²) in [6.45, 7) is 0.622. The Morgan fingerprint density at radius 1 is 0.800 bits per heavy atom. The average Bonchev–Trinajstić information content (AvgIpc) is 2.81. The van der Waals surface area contributed by atoms with E-state index in [1.807, 2.05) is 0 Å². The highest BCUT2D eigenvalue weighted by atomic mass is 19.4. The van der Waals surface area contributed by atoms with Gasteiger partial charge in [0.25, 0.3) is 0 Å². The number of alkyl halides is 3. The van der Waals surface area contributed by atoms with E-state index < -0.39 is 47.2 Å². The van der Waals surface area contributed by atoms with E-state index in [1.165, 1.54) is 19.1 Å². The molecule has 0 aliphatic carbocycles. The first kappa shape index (κ1) is 26.3. The molecule has 3 aromatic rings. The first-order chi connectivity index (χ1) is 16.5. The molecule has 2 N–H and O–H groups in total. The summed E-state index contributed by atoms with van der Waals surface area (Å²) in [6.07, 6.45) is -5.21. The number of anilines is 1. The zero-order chi connectivity index (χ0) is 25.9. The Morgan fingerprint density at radius 3 is 1.57 bits per heavy atom. The molecular formula is C24H23BF5NO4. The predicted molar refractivity (Wildman–Crippen MR) is 122 cm³/mol. The summed E-state index contributed by atoms with van der Waals surface area (Å²) in [5.41, 5.74) is -3.75. The molecule has 186 valence electrons. The van der Waals surface area contributed by atoms with Crippen molar-refractivity contribution in [3.63, 3.8) is 0 Å². The van der Waals surface area contributed by atoms with Gasteiger partial charge < -0.3 is 24.4 Å². The molecule has 0 atom stereocenters. The average molecular weight is 495 g/mol. The van der Waals surface area contributed by atoms with Crippen LogP contribution in [0, 0.1) is 18.6 Å². The highest BCUT2D eigenvalue weighted by molar-refractivity contribution is 6.59. The quantitative estimate of drug-likeness (QED) is 0.363. The van der Waals surface area contributed by atoms with Gasteiger partial charge in [0.1, 0.15) is 23.0 Å². The second-order valence-corrected chi connectivity index (χ2v) is 7.81. The standard InChI is InChI=1S/C24H23BF5NO4/c1-14-19(24(28,29)30)20(25(32)33)22(27)23(21(14)26)31(12-15-4-8-17(34-2)9-5-15)13-16-6-10-18(35-3)11-7-16/h4-11,32-33H,12-13H2,1-3H3. The number of methoxy groups -OCH3 is 2. The molecule has 0 amide bonds. The molecule has 11 heteroatoms. The van der Waals surface area contributed by atoms with Crippen molar-refractivity contribution in [2.75, 3.05) is 19.1 Å². The molecule has 0 heterocycles. The monoisotopic (exact) mass is 495 g/mol. The maximum absolute atomic E-state index is 15.5. The molecule has 3 aromatic carbocycles. The van der Waals surface area contributed by atoms with Gasteiger partial charge in [0, 0.05) is 18.6 Å². The summed E-state index contributed by atoms with van der Waals surface area (Å²) in [5.74, 6) is -2.05. The summed E-state index contributed by atoms with van der Waals surface area (Å²) in [5, 5.41) is 19.2. The number of hydrogen-bond acceptors (Lipinski definition) is 5. The predicted octanol–water partition coefficient (Wildman–Crippen LogP) is 4.20. The molecule has 0 fully saturated rings. The van der Waals surface area contributed by atoms with E-state index >= 15 is 8.78 Å². The molecule has 0 aliphatic heterocycles. The Bertz CT molecular complexity index is 1120. The molecule has 0 saturated carbocycles. The Morgan fingerprint density at radius 2 is 1.23 bits per heavy atom. The van der Waals surface area contributed by atoms with Crippen LogP contribution in [0.15, 0.2) is 48.5 Å². The molecule has 3 rings (SSSR count). The van der Waals surface area contributed by atoms with Crippen molar-refractivity contribution in [2.45, 2.75) is 26.2 Å². The minimum atomic E-state index is -5.21. The maximum Gasteiger partial charge on any atom is 0.492 e. The zero-order valence-corrected chi connectivity index (χ0v) is 19.2. The molecule has 0 aliphatic rings. The van der Waals surface area contributed by atoms with Gasteiger partial charge in [-0.25, -0.2) is 8.78 Å². The van der Waals surface area contributed by atoms with Crippen LogP contribution in [-0.2, 0) is 19.3 Å². The summed E-state index contributed by atoms with van der Waals surface area (Å²) in [7, 11) is 0.138. The molecule has 0 aromatic heterocycles. The lowest BCUT2D eigenvalue weighted by Crippen LogP contribution is -2.42.